The Kier molecular flexibility index (Phi) is 5.10. The molecule has 0 atom stereocenters. The van der Waals surface area contributed by atoms with Crippen LogP contribution in [0.5, 0.6) is 0 Å². The van der Waals surface area contributed by atoms with Crippen molar-refractivity contribution in [2.45, 2.75) is 33.2 Å². The molecule has 84 valence electrons. The van der Waals surface area contributed by atoms with Crippen molar-refractivity contribution in [2.75, 3.05) is 11.9 Å². The number of hydrogen-bond donors (Lipinski definition) is 2. The fourth-order valence-electron chi connectivity index (χ4n) is 1.14. The molecule has 5 heteroatoms. The monoisotopic (exact) mass is 226 g/mol. The van der Waals surface area contributed by atoms with Gasteiger partial charge in [0, 0.05) is 25.4 Å². The summed E-state index contributed by atoms with van der Waals surface area (Å²) in [5, 5.41) is 11.1. The Morgan fingerprint density at radius 2 is 2.33 bits per heavy atom. The van der Waals surface area contributed by atoms with Gasteiger partial charge < -0.3 is 10.6 Å². The third kappa shape index (κ3) is 4.29. The number of nitrogens with zero attached hydrogens (tertiary/aromatic N) is 2. The van der Waals surface area contributed by atoms with Gasteiger partial charge in [-0.1, -0.05) is 13.3 Å². The molecule has 0 amide bonds. The Balaban J connectivity index is 2.31. The zero-order valence-corrected chi connectivity index (χ0v) is 10.1. The molecular weight excluding hydrogens is 208 g/mol. The summed E-state index contributed by atoms with van der Waals surface area (Å²) >= 11 is 5.12. The van der Waals surface area contributed by atoms with Crippen molar-refractivity contribution in [1.82, 2.24) is 15.1 Å². The van der Waals surface area contributed by atoms with Crippen LogP contribution in [0.25, 0.3) is 0 Å². The van der Waals surface area contributed by atoms with E-state index in [1.807, 2.05) is 16.9 Å². The maximum Gasteiger partial charge on any atom is 0.171 e. The Hall–Kier alpha value is -1.10. The number of rotatable bonds is 5. The first-order valence-corrected chi connectivity index (χ1v) is 5.75. The quantitative estimate of drug-likeness (QED) is 0.595. The van der Waals surface area contributed by atoms with Crippen molar-refractivity contribution < 1.29 is 0 Å². The van der Waals surface area contributed by atoms with E-state index in [0.717, 1.165) is 25.3 Å². The number of anilines is 1. The Bertz CT molecular complexity index is 308. The minimum Gasteiger partial charge on any atom is -0.362 e. The molecule has 15 heavy (non-hydrogen) atoms. The third-order valence-electron chi connectivity index (χ3n) is 2.02. The summed E-state index contributed by atoms with van der Waals surface area (Å²) in [6, 6.07) is 1.91. The van der Waals surface area contributed by atoms with Crippen LogP contribution in [-0.4, -0.2) is 21.4 Å². The van der Waals surface area contributed by atoms with Gasteiger partial charge >= 0.3 is 0 Å². The zero-order valence-electron chi connectivity index (χ0n) is 9.29. The van der Waals surface area contributed by atoms with Crippen LogP contribution in [0.4, 0.5) is 5.82 Å². The summed E-state index contributed by atoms with van der Waals surface area (Å²) < 4.78 is 1.86. The van der Waals surface area contributed by atoms with Crippen molar-refractivity contribution in [2.24, 2.45) is 0 Å². The number of aromatic nitrogens is 2. The summed E-state index contributed by atoms with van der Waals surface area (Å²) in [6.07, 6.45) is 4.22. The maximum atomic E-state index is 5.12. The highest BCUT2D eigenvalue weighted by Gasteiger charge is 1.99. The van der Waals surface area contributed by atoms with Crippen LogP contribution in [0, 0.1) is 0 Å². The molecule has 0 aromatic carbocycles. The fraction of sp³-hybridized carbons (Fsp3) is 0.600. The average Bonchev–Trinajstić information content (AvgIpc) is 2.66. The lowest BCUT2D eigenvalue weighted by atomic mass is 10.3. The van der Waals surface area contributed by atoms with Crippen molar-refractivity contribution in [3.63, 3.8) is 0 Å². The molecule has 0 aliphatic carbocycles. The van der Waals surface area contributed by atoms with Crippen LogP contribution < -0.4 is 10.6 Å². The normalized spacial score (nSPS) is 10.0. The predicted octanol–water partition coefficient (Wildman–Crippen LogP) is 1.99. The van der Waals surface area contributed by atoms with Crippen LogP contribution in [0.15, 0.2) is 12.3 Å². The van der Waals surface area contributed by atoms with E-state index in [1.165, 1.54) is 6.42 Å². The Labute approximate surface area is 96.1 Å². The number of nitrogens with one attached hydrogen (secondary N) is 2. The first-order valence-electron chi connectivity index (χ1n) is 5.34. The van der Waals surface area contributed by atoms with Gasteiger partial charge in [-0.15, -0.1) is 0 Å². The van der Waals surface area contributed by atoms with Gasteiger partial charge in [0.2, 0.25) is 0 Å². The predicted molar refractivity (Wildman–Crippen MR) is 67.0 cm³/mol. The largest absolute Gasteiger partial charge is 0.362 e. The number of unbranched alkanes of at least 4 members (excludes halogenated alkanes) is 1. The van der Waals surface area contributed by atoms with Crippen molar-refractivity contribution in [1.29, 1.82) is 0 Å². The van der Waals surface area contributed by atoms with Crippen LogP contribution >= 0.6 is 12.2 Å². The number of aryl methyl sites for hydroxylation is 1. The van der Waals surface area contributed by atoms with Gasteiger partial charge in [0.25, 0.3) is 0 Å². The Morgan fingerprint density at radius 1 is 1.53 bits per heavy atom. The molecule has 0 fully saturated rings. The van der Waals surface area contributed by atoms with Gasteiger partial charge in [0.1, 0.15) is 0 Å². The second-order valence-electron chi connectivity index (χ2n) is 3.29. The summed E-state index contributed by atoms with van der Waals surface area (Å²) in [7, 11) is 0. The number of thiocarbonyl (C=S) groups is 1. The van der Waals surface area contributed by atoms with Crippen LogP contribution in [0.1, 0.15) is 26.7 Å². The first kappa shape index (κ1) is 12.0. The lowest BCUT2D eigenvalue weighted by molar-refractivity contribution is 0.662. The molecule has 0 unspecified atom stereocenters. The SMILES string of the molecule is CCCCNC(=S)Nc1ccn(CC)n1. The highest BCUT2D eigenvalue weighted by atomic mass is 32.1. The highest BCUT2D eigenvalue weighted by Crippen LogP contribution is 2.01. The van der Waals surface area contributed by atoms with E-state index in [1.54, 1.807) is 0 Å². The molecule has 1 aromatic rings. The molecule has 0 spiro atoms. The summed E-state index contributed by atoms with van der Waals surface area (Å²) in [4.78, 5) is 0. The molecule has 1 aromatic heterocycles. The van der Waals surface area contributed by atoms with Crippen molar-refractivity contribution in [3.05, 3.63) is 12.3 Å². The highest BCUT2D eigenvalue weighted by molar-refractivity contribution is 7.80. The molecule has 0 saturated carbocycles. The fourth-order valence-corrected chi connectivity index (χ4v) is 1.35. The average molecular weight is 226 g/mol. The van der Waals surface area contributed by atoms with Gasteiger partial charge in [0.15, 0.2) is 10.9 Å². The number of hydrogen-bond acceptors (Lipinski definition) is 2. The molecule has 1 rings (SSSR count). The minimum atomic E-state index is 0.643. The van der Waals surface area contributed by atoms with Gasteiger partial charge in [0.05, 0.1) is 0 Å². The van der Waals surface area contributed by atoms with E-state index >= 15 is 0 Å². The Morgan fingerprint density at radius 3 is 2.93 bits per heavy atom. The molecule has 0 aliphatic heterocycles. The minimum absolute atomic E-state index is 0.643. The molecule has 0 saturated heterocycles. The zero-order chi connectivity index (χ0) is 11.1. The molecule has 4 nitrogen and oxygen atoms in total. The van der Waals surface area contributed by atoms with Crippen LogP contribution in [0.2, 0.25) is 0 Å². The second-order valence-corrected chi connectivity index (χ2v) is 3.70. The standard InChI is InChI=1S/C10H18N4S/c1-3-5-7-11-10(15)12-9-6-8-14(4-2)13-9/h6,8H,3-5,7H2,1-2H3,(H2,11,12,13,15). The van der Waals surface area contributed by atoms with Crippen molar-refractivity contribution >= 4 is 23.1 Å². The van der Waals surface area contributed by atoms with Gasteiger partial charge in [-0.25, -0.2) is 0 Å². The molecule has 1 heterocycles. The van der Waals surface area contributed by atoms with Gasteiger partial charge in [-0.2, -0.15) is 5.10 Å². The van der Waals surface area contributed by atoms with Crippen LogP contribution in [-0.2, 0) is 6.54 Å². The van der Waals surface area contributed by atoms with Crippen molar-refractivity contribution in [3.8, 4) is 0 Å². The first-order chi connectivity index (χ1) is 7.26. The van der Waals surface area contributed by atoms with Crippen LogP contribution in [0.3, 0.4) is 0 Å². The van der Waals surface area contributed by atoms with E-state index in [4.69, 9.17) is 12.2 Å². The van der Waals surface area contributed by atoms with Gasteiger partial charge in [-0.3, -0.25) is 4.68 Å². The van der Waals surface area contributed by atoms with E-state index in [9.17, 15) is 0 Å². The lowest BCUT2D eigenvalue weighted by Gasteiger charge is -2.07. The summed E-state index contributed by atoms with van der Waals surface area (Å²) in [6.45, 7) is 5.99. The summed E-state index contributed by atoms with van der Waals surface area (Å²) in [5.41, 5.74) is 0. The van der Waals surface area contributed by atoms with Gasteiger partial charge in [-0.05, 0) is 25.6 Å². The second kappa shape index (κ2) is 6.40. The molecule has 2 N–H and O–H groups in total. The molecule has 0 aliphatic rings. The molecular formula is C10H18N4S. The van der Waals surface area contributed by atoms with E-state index < -0.39 is 0 Å². The topological polar surface area (TPSA) is 41.9 Å². The van der Waals surface area contributed by atoms with E-state index in [-0.39, 0.29) is 0 Å². The van der Waals surface area contributed by atoms with E-state index in [0.29, 0.717) is 5.11 Å². The smallest absolute Gasteiger partial charge is 0.171 e. The lowest BCUT2D eigenvalue weighted by Crippen LogP contribution is -2.29. The molecule has 0 bridgehead atoms. The summed E-state index contributed by atoms with van der Waals surface area (Å²) in [5.74, 6) is 0.797. The third-order valence-corrected chi connectivity index (χ3v) is 2.27. The van der Waals surface area contributed by atoms with E-state index in [2.05, 4.69) is 29.6 Å². The molecule has 0 radical (unpaired) electrons. The maximum absolute atomic E-state index is 5.12.